The lowest BCUT2D eigenvalue weighted by molar-refractivity contribution is 0.0695. The molecule has 0 radical (unpaired) electrons. The molecule has 6 nitrogen and oxygen atoms in total. The molecule has 0 amide bonds. The minimum absolute atomic E-state index is 0.0926. The van der Waals surface area contributed by atoms with Crippen molar-refractivity contribution in [2.45, 2.75) is 31.2 Å². The maximum absolute atomic E-state index is 12.7. The summed E-state index contributed by atoms with van der Waals surface area (Å²) >= 11 is 0. The fraction of sp³-hybridized carbons (Fsp3) is 0.267. The number of hydrogen-bond acceptors (Lipinski definition) is 4. The van der Waals surface area contributed by atoms with E-state index < -0.39 is 22.0 Å². The van der Waals surface area contributed by atoms with E-state index in [0.717, 1.165) is 9.54 Å². The van der Waals surface area contributed by atoms with Gasteiger partial charge in [-0.1, -0.05) is 24.6 Å². The molecule has 2 aromatic rings. The molecule has 118 valence electrons. The second-order valence-corrected chi connectivity index (χ2v) is 6.86. The third-order valence-electron chi connectivity index (χ3n) is 3.49. The Morgan fingerprint density at radius 1 is 1.27 bits per heavy atom. The van der Waals surface area contributed by atoms with Gasteiger partial charge >= 0.3 is 5.97 Å². The van der Waals surface area contributed by atoms with Crippen molar-refractivity contribution in [1.82, 2.24) is 3.97 Å². The van der Waals surface area contributed by atoms with Crippen molar-refractivity contribution in [3.8, 4) is 0 Å². The van der Waals surface area contributed by atoms with Gasteiger partial charge in [0.2, 0.25) is 0 Å². The van der Waals surface area contributed by atoms with Crippen LogP contribution in [0.15, 0.2) is 41.4 Å². The van der Waals surface area contributed by atoms with Crippen LogP contribution in [0, 0.1) is 6.92 Å². The molecule has 0 spiro atoms. The zero-order valence-electron chi connectivity index (χ0n) is 12.4. The molecule has 2 rings (SSSR count). The van der Waals surface area contributed by atoms with Crippen LogP contribution in [0.5, 0.6) is 0 Å². The second kappa shape index (κ2) is 5.94. The fourth-order valence-electron chi connectivity index (χ4n) is 2.20. The van der Waals surface area contributed by atoms with Gasteiger partial charge in [0.05, 0.1) is 16.2 Å². The number of nitrogens with zero attached hydrogens (tertiary/aromatic N) is 1. The molecule has 0 aliphatic carbocycles. The van der Waals surface area contributed by atoms with Gasteiger partial charge < -0.3 is 10.8 Å². The van der Waals surface area contributed by atoms with Gasteiger partial charge in [-0.05, 0) is 31.5 Å². The number of aromatic carboxylic acids is 1. The van der Waals surface area contributed by atoms with Crippen LogP contribution in [0.2, 0.25) is 0 Å². The number of nitrogens with two attached hydrogens (primary N) is 1. The average Bonchev–Trinajstić information content (AvgIpc) is 2.92. The Morgan fingerprint density at radius 2 is 1.86 bits per heavy atom. The number of benzene rings is 1. The molecule has 0 saturated heterocycles. The molecule has 0 saturated carbocycles. The van der Waals surface area contributed by atoms with Gasteiger partial charge in [-0.2, -0.15) is 0 Å². The lowest BCUT2D eigenvalue weighted by Crippen LogP contribution is -2.22. The highest BCUT2D eigenvalue weighted by Crippen LogP contribution is 2.25. The summed E-state index contributed by atoms with van der Waals surface area (Å²) in [6, 6.07) is 6.95. The molecule has 0 aliphatic rings. The number of aryl methyl sites for hydroxylation is 1. The highest BCUT2D eigenvalue weighted by atomic mass is 32.2. The first-order chi connectivity index (χ1) is 10.3. The van der Waals surface area contributed by atoms with E-state index in [9.17, 15) is 18.3 Å². The highest BCUT2D eigenvalue weighted by molar-refractivity contribution is 7.90. The molecule has 22 heavy (non-hydrogen) atoms. The van der Waals surface area contributed by atoms with Crippen LogP contribution in [0.25, 0.3) is 0 Å². The molecule has 0 fully saturated rings. The minimum Gasteiger partial charge on any atom is -0.478 e. The second-order valence-electron chi connectivity index (χ2n) is 5.05. The average molecular weight is 322 g/mol. The molecular formula is C15H18N2O4S. The van der Waals surface area contributed by atoms with Crippen molar-refractivity contribution in [3.63, 3.8) is 0 Å². The largest absolute Gasteiger partial charge is 0.478 e. The zero-order valence-corrected chi connectivity index (χ0v) is 13.2. The number of carbonyl (C=O) groups is 1. The molecule has 3 N–H and O–H groups in total. The predicted molar refractivity (Wildman–Crippen MR) is 82.4 cm³/mol. The Balaban J connectivity index is 2.66. The normalized spacial score (nSPS) is 13.0. The number of carboxylic acid groups (broad SMARTS) is 1. The van der Waals surface area contributed by atoms with Gasteiger partial charge in [0.25, 0.3) is 10.0 Å². The Labute approximate surface area is 129 Å². The van der Waals surface area contributed by atoms with E-state index in [4.69, 9.17) is 5.73 Å². The van der Waals surface area contributed by atoms with Crippen molar-refractivity contribution < 1.29 is 18.3 Å². The van der Waals surface area contributed by atoms with E-state index in [0.29, 0.717) is 6.42 Å². The maximum atomic E-state index is 12.7. The quantitative estimate of drug-likeness (QED) is 0.878. The molecule has 7 heteroatoms. The molecule has 0 unspecified atom stereocenters. The first kappa shape index (κ1) is 16.3. The number of aromatic nitrogens is 1. The zero-order chi connectivity index (χ0) is 16.5. The van der Waals surface area contributed by atoms with E-state index in [1.807, 2.05) is 6.92 Å². The van der Waals surface area contributed by atoms with Crippen LogP contribution in [-0.2, 0) is 10.0 Å². The van der Waals surface area contributed by atoms with E-state index in [1.165, 1.54) is 24.4 Å². The van der Waals surface area contributed by atoms with E-state index >= 15 is 0 Å². The van der Waals surface area contributed by atoms with Crippen molar-refractivity contribution in [2.75, 3.05) is 0 Å². The number of hydrogen-bond donors (Lipinski definition) is 2. The van der Waals surface area contributed by atoms with E-state index in [-0.39, 0.29) is 16.2 Å². The maximum Gasteiger partial charge on any atom is 0.337 e. The van der Waals surface area contributed by atoms with Gasteiger partial charge in [-0.3, -0.25) is 0 Å². The first-order valence-corrected chi connectivity index (χ1v) is 8.25. The minimum atomic E-state index is -3.88. The SMILES string of the molecule is CC[C@@H](N)c1c(C(=O)O)ccn1S(=O)(=O)c1ccc(C)cc1. The standard InChI is InChI=1S/C15H18N2O4S/c1-3-13(16)14-12(15(18)19)8-9-17(14)22(20,21)11-6-4-10(2)5-7-11/h4-9,13H,3,16H2,1-2H3,(H,18,19)/t13-/m1/s1. The van der Waals surface area contributed by atoms with E-state index in [2.05, 4.69) is 0 Å². The van der Waals surface area contributed by atoms with Crippen LogP contribution in [0.3, 0.4) is 0 Å². The summed E-state index contributed by atoms with van der Waals surface area (Å²) in [4.78, 5) is 11.4. The Hall–Kier alpha value is -2.12. The molecule has 1 atom stereocenters. The van der Waals surface area contributed by atoms with Crippen LogP contribution < -0.4 is 5.73 Å². The molecule has 1 aromatic carbocycles. The molecule has 1 aromatic heterocycles. The van der Waals surface area contributed by atoms with Gasteiger partial charge in [0.15, 0.2) is 0 Å². The number of carboxylic acids is 1. The lowest BCUT2D eigenvalue weighted by atomic mass is 10.1. The smallest absolute Gasteiger partial charge is 0.337 e. The summed E-state index contributed by atoms with van der Waals surface area (Å²) in [5.74, 6) is -1.20. The Morgan fingerprint density at radius 3 is 2.36 bits per heavy atom. The fourth-order valence-corrected chi connectivity index (χ4v) is 3.62. The van der Waals surface area contributed by atoms with Crippen molar-refractivity contribution in [2.24, 2.45) is 5.73 Å². The summed E-state index contributed by atoms with van der Waals surface area (Å²) in [6.45, 7) is 3.62. The van der Waals surface area contributed by atoms with Crippen molar-refractivity contribution in [3.05, 3.63) is 53.3 Å². The molecular weight excluding hydrogens is 304 g/mol. The van der Waals surface area contributed by atoms with Crippen LogP contribution >= 0.6 is 0 Å². The summed E-state index contributed by atoms with van der Waals surface area (Å²) < 4.78 is 26.4. The monoisotopic (exact) mass is 322 g/mol. The summed E-state index contributed by atoms with van der Waals surface area (Å²) in [5, 5.41) is 9.23. The van der Waals surface area contributed by atoms with Crippen LogP contribution in [0.1, 0.15) is 41.0 Å². The summed E-state index contributed by atoms with van der Waals surface area (Å²) in [6.07, 6.45) is 1.66. The van der Waals surface area contributed by atoms with Crippen LogP contribution in [-0.4, -0.2) is 23.5 Å². The highest BCUT2D eigenvalue weighted by Gasteiger charge is 2.27. The van der Waals surface area contributed by atoms with Crippen LogP contribution in [0.4, 0.5) is 0 Å². The topological polar surface area (TPSA) is 102 Å². The first-order valence-electron chi connectivity index (χ1n) is 6.81. The summed E-state index contributed by atoms with van der Waals surface area (Å²) in [7, 11) is -3.88. The van der Waals surface area contributed by atoms with Crippen molar-refractivity contribution >= 4 is 16.0 Å². The van der Waals surface area contributed by atoms with Gasteiger partial charge in [0.1, 0.15) is 0 Å². The van der Waals surface area contributed by atoms with Gasteiger partial charge in [-0.25, -0.2) is 17.2 Å². The third kappa shape index (κ3) is 2.77. The lowest BCUT2D eigenvalue weighted by Gasteiger charge is -2.16. The molecule has 0 aliphatic heterocycles. The van der Waals surface area contributed by atoms with Gasteiger partial charge in [-0.15, -0.1) is 0 Å². The van der Waals surface area contributed by atoms with E-state index in [1.54, 1.807) is 19.1 Å². The predicted octanol–water partition coefficient (Wildman–Crippen LogP) is 2.14. The van der Waals surface area contributed by atoms with Gasteiger partial charge in [0, 0.05) is 12.2 Å². The Kier molecular flexibility index (Phi) is 4.39. The molecule has 0 bridgehead atoms. The van der Waals surface area contributed by atoms with Crippen molar-refractivity contribution in [1.29, 1.82) is 0 Å². The summed E-state index contributed by atoms with van der Waals surface area (Å²) in [5.41, 5.74) is 6.86. The Bertz CT molecular complexity index is 791. The third-order valence-corrected chi connectivity index (χ3v) is 5.19. The molecule has 1 heterocycles. The number of rotatable bonds is 5.